The first-order chi connectivity index (χ1) is 7.04. The van der Waals surface area contributed by atoms with Gasteiger partial charge in [-0.3, -0.25) is 0 Å². The van der Waals surface area contributed by atoms with E-state index in [2.05, 4.69) is 12.2 Å². The van der Waals surface area contributed by atoms with E-state index in [0.717, 1.165) is 25.8 Å². The molecule has 92 valence electrons. The lowest BCUT2D eigenvalue weighted by molar-refractivity contribution is 0.453. The molecule has 0 aliphatic carbocycles. The van der Waals surface area contributed by atoms with E-state index in [1.54, 1.807) is 7.05 Å². The number of hydrogen-bond acceptors (Lipinski definition) is 3. The van der Waals surface area contributed by atoms with Crippen LogP contribution in [0.15, 0.2) is 0 Å². The largest absolute Gasteiger partial charge is 0.320 e. The van der Waals surface area contributed by atoms with E-state index in [-0.39, 0.29) is 5.75 Å². The van der Waals surface area contributed by atoms with Crippen molar-refractivity contribution in [1.82, 2.24) is 9.62 Å². The van der Waals surface area contributed by atoms with Crippen LogP contribution in [0.5, 0.6) is 0 Å². The van der Waals surface area contributed by atoms with Crippen LogP contribution < -0.4 is 5.32 Å². The fraction of sp³-hybridized carbons (Fsp3) is 1.00. The number of unbranched alkanes of at least 4 members (excludes halogenated alkanes) is 2. The number of nitrogens with zero attached hydrogens (tertiary/aromatic N) is 1. The summed E-state index contributed by atoms with van der Waals surface area (Å²) in [4.78, 5) is 0. The first-order valence-corrected chi connectivity index (χ1v) is 7.24. The van der Waals surface area contributed by atoms with Crippen LogP contribution in [0.2, 0.25) is 0 Å². The summed E-state index contributed by atoms with van der Waals surface area (Å²) in [6.45, 7) is 3.51. The first kappa shape index (κ1) is 14.9. The molecule has 0 spiro atoms. The second-order valence-electron chi connectivity index (χ2n) is 3.80. The van der Waals surface area contributed by atoms with E-state index in [1.165, 1.54) is 4.31 Å². The normalized spacial score (nSPS) is 12.3. The molecule has 0 saturated carbocycles. The molecule has 0 aromatic carbocycles. The topological polar surface area (TPSA) is 49.4 Å². The lowest BCUT2D eigenvalue weighted by Crippen LogP contribution is -2.31. The summed E-state index contributed by atoms with van der Waals surface area (Å²) in [6, 6.07) is 0. The molecule has 15 heavy (non-hydrogen) atoms. The third-order valence-electron chi connectivity index (χ3n) is 2.38. The van der Waals surface area contributed by atoms with Crippen molar-refractivity contribution in [3.05, 3.63) is 0 Å². The molecule has 0 radical (unpaired) electrons. The zero-order chi connectivity index (χ0) is 11.7. The third-order valence-corrected chi connectivity index (χ3v) is 4.32. The molecular formula is C10H24N2O2S. The molecule has 0 rings (SSSR count). The Hall–Kier alpha value is -0.130. The van der Waals surface area contributed by atoms with Gasteiger partial charge in [-0.25, -0.2) is 12.7 Å². The summed E-state index contributed by atoms with van der Waals surface area (Å²) in [7, 11) is 0.482. The van der Waals surface area contributed by atoms with E-state index < -0.39 is 10.0 Å². The number of sulfonamides is 1. The van der Waals surface area contributed by atoms with Crippen LogP contribution in [0.4, 0.5) is 0 Å². The van der Waals surface area contributed by atoms with Gasteiger partial charge in [-0.15, -0.1) is 0 Å². The van der Waals surface area contributed by atoms with Crippen molar-refractivity contribution >= 4 is 10.0 Å². The summed E-state index contributed by atoms with van der Waals surface area (Å²) < 4.78 is 24.9. The Morgan fingerprint density at radius 2 is 1.87 bits per heavy atom. The quantitative estimate of drug-likeness (QED) is 0.609. The van der Waals surface area contributed by atoms with Gasteiger partial charge in [-0.1, -0.05) is 19.8 Å². The Morgan fingerprint density at radius 3 is 2.40 bits per heavy atom. The van der Waals surface area contributed by atoms with Crippen molar-refractivity contribution in [2.75, 3.05) is 32.9 Å². The highest BCUT2D eigenvalue weighted by Crippen LogP contribution is 2.03. The molecule has 1 N–H and O–H groups in total. The van der Waals surface area contributed by atoms with E-state index >= 15 is 0 Å². The molecule has 0 aliphatic heterocycles. The van der Waals surface area contributed by atoms with Crippen molar-refractivity contribution in [2.45, 2.75) is 32.6 Å². The lowest BCUT2D eigenvalue weighted by atomic mass is 10.2. The Labute approximate surface area is 94.1 Å². The van der Waals surface area contributed by atoms with Crippen LogP contribution in [0, 0.1) is 0 Å². The number of nitrogens with one attached hydrogen (secondary N) is 1. The Kier molecular flexibility index (Phi) is 8.00. The Bertz CT molecular complexity index is 240. The summed E-state index contributed by atoms with van der Waals surface area (Å²) in [5.74, 6) is 0.246. The molecule has 0 saturated heterocycles. The highest BCUT2D eigenvalue weighted by Gasteiger charge is 2.16. The van der Waals surface area contributed by atoms with Gasteiger partial charge in [0.2, 0.25) is 10.0 Å². The van der Waals surface area contributed by atoms with Crippen LogP contribution in [0.25, 0.3) is 0 Å². The Balaban J connectivity index is 3.86. The highest BCUT2D eigenvalue weighted by atomic mass is 32.2. The minimum Gasteiger partial charge on any atom is -0.320 e. The smallest absolute Gasteiger partial charge is 0.213 e. The predicted molar refractivity (Wildman–Crippen MR) is 64.5 cm³/mol. The summed E-state index contributed by atoms with van der Waals surface area (Å²) in [5.41, 5.74) is 0. The lowest BCUT2D eigenvalue weighted by Gasteiger charge is -2.16. The molecule has 0 heterocycles. The highest BCUT2D eigenvalue weighted by molar-refractivity contribution is 7.89. The van der Waals surface area contributed by atoms with Crippen LogP contribution in [0.3, 0.4) is 0 Å². The van der Waals surface area contributed by atoms with Crippen molar-refractivity contribution in [2.24, 2.45) is 0 Å². The van der Waals surface area contributed by atoms with Crippen molar-refractivity contribution in [3.8, 4) is 0 Å². The van der Waals surface area contributed by atoms with Crippen molar-refractivity contribution in [1.29, 1.82) is 0 Å². The fourth-order valence-electron chi connectivity index (χ4n) is 1.31. The third kappa shape index (κ3) is 6.87. The van der Waals surface area contributed by atoms with E-state index in [1.807, 2.05) is 7.05 Å². The average Bonchev–Trinajstić information content (AvgIpc) is 2.18. The van der Waals surface area contributed by atoms with Gasteiger partial charge in [0.05, 0.1) is 5.75 Å². The van der Waals surface area contributed by atoms with E-state index in [0.29, 0.717) is 13.0 Å². The van der Waals surface area contributed by atoms with Crippen LogP contribution in [0.1, 0.15) is 32.6 Å². The molecule has 0 unspecified atom stereocenters. The van der Waals surface area contributed by atoms with Gasteiger partial charge in [-0.2, -0.15) is 0 Å². The fourth-order valence-corrected chi connectivity index (χ4v) is 2.54. The van der Waals surface area contributed by atoms with Crippen molar-refractivity contribution < 1.29 is 8.42 Å². The van der Waals surface area contributed by atoms with Crippen LogP contribution in [-0.2, 0) is 10.0 Å². The minimum atomic E-state index is -3.02. The van der Waals surface area contributed by atoms with E-state index in [4.69, 9.17) is 0 Å². The monoisotopic (exact) mass is 236 g/mol. The zero-order valence-corrected chi connectivity index (χ0v) is 10.9. The van der Waals surface area contributed by atoms with Crippen LogP contribution >= 0.6 is 0 Å². The maximum Gasteiger partial charge on any atom is 0.213 e. The standard InChI is InChI=1S/C10H24N2O2S/c1-4-5-6-9-12(3)15(13,14)10-7-8-11-2/h11H,4-10H2,1-3H3. The van der Waals surface area contributed by atoms with Gasteiger partial charge in [0.15, 0.2) is 0 Å². The van der Waals surface area contributed by atoms with Gasteiger partial charge in [0.1, 0.15) is 0 Å². The summed E-state index contributed by atoms with van der Waals surface area (Å²) >= 11 is 0. The number of rotatable bonds is 9. The molecule has 0 aliphatic rings. The molecule has 5 heteroatoms. The van der Waals surface area contributed by atoms with Gasteiger partial charge in [0, 0.05) is 13.6 Å². The minimum absolute atomic E-state index is 0.246. The second kappa shape index (κ2) is 8.07. The number of hydrogen-bond donors (Lipinski definition) is 1. The molecule has 0 amide bonds. The van der Waals surface area contributed by atoms with Gasteiger partial charge in [0.25, 0.3) is 0 Å². The average molecular weight is 236 g/mol. The van der Waals surface area contributed by atoms with Gasteiger partial charge >= 0.3 is 0 Å². The Morgan fingerprint density at radius 1 is 1.20 bits per heavy atom. The molecule has 0 bridgehead atoms. The molecule has 0 fully saturated rings. The van der Waals surface area contributed by atoms with Gasteiger partial charge < -0.3 is 5.32 Å². The second-order valence-corrected chi connectivity index (χ2v) is 6.00. The molecule has 4 nitrogen and oxygen atoms in total. The zero-order valence-electron chi connectivity index (χ0n) is 10.1. The molecule has 0 aromatic rings. The molecule has 0 atom stereocenters. The van der Waals surface area contributed by atoms with E-state index in [9.17, 15) is 8.42 Å². The first-order valence-electron chi connectivity index (χ1n) is 5.63. The maximum absolute atomic E-state index is 11.7. The summed E-state index contributed by atoms with van der Waals surface area (Å²) in [5, 5.41) is 2.95. The van der Waals surface area contributed by atoms with Crippen molar-refractivity contribution in [3.63, 3.8) is 0 Å². The van der Waals surface area contributed by atoms with Crippen LogP contribution in [-0.4, -0.2) is 45.7 Å². The molecular weight excluding hydrogens is 212 g/mol. The van der Waals surface area contributed by atoms with Gasteiger partial charge in [-0.05, 0) is 26.4 Å². The predicted octanol–water partition coefficient (Wildman–Crippen LogP) is 1.05. The maximum atomic E-state index is 11.7. The summed E-state index contributed by atoms with van der Waals surface area (Å²) in [6.07, 6.45) is 3.85. The SMILES string of the molecule is CCCCCN(C)S(=O)(=O)CCCNC. The molecule has 0 aromatic heterocycles.